The molecule has 0 heterocycles. The van der Waals surface area contributed by atoms with Crippen molar-refractivity contribution >= 4 is 53.2 Å². The van der Waals surface area contributed by atoms with E-state index < -0.39 is 29.7 Å². The number of carbonyl (C=O) groups excluding carboxylic acids is 5. The van der Waals surface area contributed by atoms with Gasteiger partial charge >= 0.3 is 17.9 Å². The van der Waals surface area contributed by atoms with Crippen LogP contribution in [0.25, 0.3) is 12.2 Å². The zero-order valence-electron chi connectivity index (χ0n) is 31.8. The van der Waals surface area contributed by atoms with Crippen molar-refractivity contribution in [1.82, 2.24) is 10.6 Å². The Balaban J connectivity index is 0.000000835. The van der Waals surface area contributed by atoms with Gasteiger partial charge in [-0.15, -0.1) is 0 Å². The van der Waals surface area contributed by atoms with Crippen LogP contribution in [0.4, 0.5) is 11.4 Å². The minimum atomic E-state index is -0.710. The van der Waals surface area contributed by atoms with Crippen molar-refractivity contribution in [2.45, 2.75) is 20.8 Å². The maximum absolute atomic E-state index is 12.0. The number of amides is 2. The van der Waals surface area contributed by atoms with Crippen LogP contribution >= 0.6 is 0 Å². The Labute approximate surface area is 317 Å². The molecule has 3 N–H and O–H groups in total. The van der Waals surface area contributed by atoms with E-state index in [2.05, 4.69) is 35.1 Å². The van der Waals surface area contributed by atoms with Gasteiger partial charge in [0.25, 0.3) is 11.8 Å². The summed E-state index contributed by atoms with van der Waals surface area (Å²) in [7, 11) is 7.74. The van der Waals surface area contributed by atoms with Crippen LogP contribution in [0.3, 0.4) is 0 Å². The van der Waals surface area contributed by atoms with E-state index in [-0.39, 0.29) is 48.6 Å². The van der Waals surface area contributed by atoms with Crippen molar-refractivity contribution in [3.05, 3.63) is 107 Å². The number of carbonyl (C=O) groups is 5. The Bertz CT molecular complexity index is 1790. The average Bonchev–Trinajstić information content (AvgIpc) is 3.13. The van der Waals surface area contributed by atoms with E-state index in [1.54, 1.807) is 6.92 Å². The summed E-state index contributed by atoms with van der Waals surface area (Å²) >= 11 is 0. The number of anilines is 2. The van der Waals surface area contributed by atoms with Gasteiger partial charge in [0.15, 0.2) is 0 Å². The first kappa shape index (κ1) is 47.2. The lowest BCUT2D eigenvalue weighted by Crippen LogP contribution is -2.29. The molecule has 0 aliphatic rings. The second-order valence-corrected chi connectivity index (χ2v) is 11.7. The highest BCUT2D eigenvalue weighted by Gasteiger charge is 2.11. The highest BCUT2D eigenvalue weighted by Crippen LogP contribution is 2.16. The maximum Gasteiger partial charge on any atom is 0.340 e. The Morgan fingerprint density at radius 2 is 1.02 bits per heavy atom. The van der Waals surface area contributed by atoms with E-state index in [1.165, 1.54) is 26.0 Å². The summed E-state index contributed by atoms with van der Waals surface area (Å²) in [4.78, 5) is 60.0. The fraction of sp³-hybridized carbons (Fsp3) is 0.275. The molecule has 0 unspecified atom stereocenters. The summed E-state index contributed by atoms with van der Waals surface area (Å²) in [5.41, 5.74) is 4.28. The molecule has 2 amide bonds. The SMILES string of the molecule is C=C(C)C(=O)OC(=O)C(=C)C.C=C(C)C(=O)OCCNC(=O)/C(C#N)=C/c1ccc(N(C)C)cc1.CN(C)c1ccc(/C=C(\C#N)C(=O)NCCO)cc1. The van der Waals surface area contributed by atoms with Crippen LogP contribution in [0.5, 0.6) is 0 Å². The predicted octanol–water partition coefficient (Wildman–Crippen LogP) is 3.87. The minimum Gasteiger partial charge on any atom is -0.460 e. The molecule has 0 atom stereocenters. The maximum atomic E-state index is 12.0. The van der Waals surface area contributed by atoms with Crippen molar-refractivity contribution in [3.63, 3.8) is 0 Å². The van der Waals surface area contributed by atoms with Crippen LogP contribution in [0.1, 0.15) is 31.9 Å². The van der Waals surface area contributed by atoms with Crippen LogP contribution in [-0.4, -0.2) is 89.3 Å². The molecule has 2 rings (SSSR count). The molecule has 0 aliphatic heterocycles. The molecule has 0 aromatic heterocycles. The number of aliphatic hydroxyl groups excluding tert-OH is 1. The molecule has 2 aromatic rings. The Kier molecular flexibility index (Phi) is 22.1. The van der Waals surface area contributed by atoms with Gasteiger partial charge in [0.05, 0.1) is 13.2 Å². The Morgan fingerprint density at radius 3 is 1.31 bits per heavy atom. The number of aliphatic hydroxyl groups is 1. The van der Waals surface area contributed by atoms with Crippen molar-refractivity contribution in [1.29, 1.82) is 10.5 Å². The minimum absolute atomic E-state index is 0.0150. The third-order valence-corrected chi connectivity index (χ3v) is 6.42. The fourth-order valence-corrected chi connectivity index (χ4v) is 3.42. The van der Waals surface area contributed by atoms with E-state index in [0.29, 0.717) is 5.57 Å². The van der Waals surface area contributed by atoms with E-state index in [0.717, 1.165) is 22.5 Å². The highest BCUT2D eigenvalue weighted by atomic mass is 16.6. The molecule has 14 heteroatoms. The molecule has 0 spiro atoms. The largest absolute Gasteiger partial charge is 0.460 e. The quantitative estimate of drug-likeness (QED) is 0.0831. The van der Waals surface area contributed by atoms with Crippen LogP contribution in [-0.2, 0) is 33.4 Å². The number of ether oxygens (including phenoxy) is 2. The number of nitrogens with zero attached hydrogens (tertiary/aromatic N) is 4. The number of hydrogen-bond donors (Lipinski definition) is 3. The van der Waals surface area contributed by atoms with Gasteiger partial charge in [-0.1, -0.05) is 44.0 Å². The summed E-state index contributed by atoms with van der Waals surface area (Å²) in [6.45, 7) is 14.7. The van der Waals surface area contributed by atoms with Gasteiger partial charge in [-0.05, 0) is 68.3 Å². The second-order valence-electron chi connectivity index (χ2n) is 11.7. The van der Waals surface area contributed by atoms with Crippen molar-refractivity contribution in [2.24, 2.45) is 0 Å². The number of nitriles is 2. The number of esters is 3. The van der Waals surface area contributed by atoms with Gasteiger partial charge in [-0.2, -0.15) is 10.5 Å². The van der Waals surface area contributed by atoms with Gasteiger partial charge in [-0.25, -0.2) is 14.4 Å². The predicted molar refractivity (Wildman–Crippen MR) is 208 cm³/mol. The zero-order chi connectivity index (χ0) is 41.4. The molecule has 0 fully saturated rings. The fourth-order valence-electron chi connectivity index (χ4n) is 3.42. The second kappa shape index (κ2) is 25.2. The van der Waals surface area contributed by atoms with Gasteiger partial charge in [0.1, 0.15) is 29.9 Å². The number of hydrogen-bond acceptors (Lipinski definition) is 12. The third kappa shape index (κ3) is 19.0. The lowest BCUT2D eigenvalue weighted by atomic mass is 10.1. The molecular formula is C40H48N6O8. The van der Waals surface area contributed by atoms with Gasteiger partial charge in [0, 0.05) is 62.8 Å². The van der Waals surface area contributed by atoms with E-state index in [1.807, 2.05) is 98.7 Å². The monoisotopic (exact) mass is 740 g/mol. The van der Waals surface area contributed by atoms with Crippen LogP contribution in [0, 0.1) is 22.7 Å². The normalized spacial score (nSPS) is 10.2. The summed E-state index contributed by atoms with van der Waals surface area (Å²) in [5, 5.41) is 31.7. The molecule has 54 heavy (non-hydrogen) atoms. The van der Waals surface area contributed by atoms with Crippen LogP contribution < -0.4 is 20.4 Å². The van der Waals surface area contributed by atoms with Gasteiger partial charge < -0.3 is 35.0 Å². The van der Waals surface area contributed by atoms with E-state index in [9.17, 15) is 24.0 Å². The number of rotatable bonds is 14. The first-order valence-electron chi connectivity index (χ1n) is 16.2. The van der Waals surface area contributed by atoms with Crippen LogP contribution in [0.2, 0.25) is 0 Å². The zero-order valence-corrected chi connectivity index (χ0v) is 31.8. The summed E-state index contributed by atoms with van der Waals surface area (Å²) in [6, 6.07) is 18.7. The lowest BCUT2D eigenvalue weighted by Gasteiger charge is -2.12. The molecule has 0 aliphatic carbocycles. The average molecular weight is 741 g/mol. The Hall–Kier alpha value is -6.77. The standard InChI is InChI=1S/C18H21N3O3.C14H17N3O2.C8H10O3/c1-13(2)18(23)24-10-9-20-17(22)15(12-19)11-14-5-7-16(8-6-14)21(3)4;1-17(2)13-5-3-11(4-6-13)9-12(10-15)14(19)16-7-8-18;1-5(2)7(9)11-8(10)6(3)4/h5-8,11H,1,9-10H2,2-4H3,(H,20,22);3-6,9,18H,7-8H2,1-2H3,(H,16,19);1,3H2,2,4H3/b15-11+;12-9+;. The summed E-state index contributed by atoms with van der Waals surface area (Å²) < 4.78 is 9.16. The number of benzene rings is 2. The van der Waals surface area contributed by atoms with E-state index in [4.69, 9.17) is 20.4 Å². The van der Waals surface area contributed by atoms with Crippen LogP contribution in [0.15, 0.2) is 96.1 Å². The smallest absolute Gasteiger partial charge is 0.340 e. The summed E-state index contributed by atoms with van der Waals surface area (Å²) in [5.74, 6) is -2.92. The molecule has 0 saturated carbocycles. The molecule has 0 bridgehead atoms. The van der Waals surface area contributed by atoms with Gasteiger partial charge in [-0.3, -0.25) is 9.59 Å². The van der Waals surface area contributed by atoms with Gasteiger partial charge in [0.2, 0.25) is 0 Å². The first-order valence-corrected chi connectivity index (χ1v) is 16.2. The Morgan fingerprint density at radius 1 is 0.667 bits per heavy atom. The molecule has 0 saturated heterocycles. The van der Waals surface area contributed by atoms with Crippen molar-refractivity contribution in [3.8, 4) is 12.1 Å². The van der Waals surface area contributed by atoms with Crippen molar-refractivity contribution in [2.75, 3.05) is 64.3 Å². The van der Waals surface area contributed by atoms with Crippen molar-refractivity contribution < 1.29 is 38.6 Å². The molecule has 0 radical (unpaired) electrons. The highest BCUT2D eigenvalue weighted by molar-refractivity contribution is 6.02. The topological polar surface area (TPSA) is 202 Å². The molecule has 14 nitrogen and oxygen atoms in total. The molecule has 2 aromatic carbocycles. The van der Waals surface area contributed by atoms with E-state index >= 15 is 0 Å². The molecule has 286 valence electrons. The lowest BCUT2D eigenvalue weighted by molar-refractivity contribution is -0.154. The molecular weight excluding hydrogens is 692 g/mol. The summed E-state index contributed by atoms with van der Waals surface area (Å²) in [6.07, 6.45) is 3.03. The first-order chi connectivity index (χ1) is 25.4. The third-order valence-electron chi connectivity index (χ3n) is 6.42. The number of nitrogens with one attached hydrogen (secondary N) is 2.